The van der Waals surface area contributed by atoms with E-state index in [-0.39, 0.29) is 18.3 Å². The van der Waals surface area contributed by atoms with Gasteiger partial charge in [0.1, 0.15) is 0 Å². The molecule has 0 fully saturated rings. The molecule has 10 heteroatoms. The summed E-state index contributed by atoms with van der Waals surface area (Å²) in [5.74, 6) is -0.530. The van der Waals surface area contributed by atoms with E-state index in [1.807, 2.05) is 37.3 Å². The first-order valence-corrected chi connectivity index (χ1v) is 13.8. The van der Waals surface area contributed by atoms with Crippen LogP contribution in [-0.4, -0.2) is 36.1 Å². The fraction of sp³-hybridized carbons (Fsp3) is 0.233. The molecule has 4 rings (SSSR count). The maximum absolute atomic E-state index is 13.5. The number of urea groups is 2. The van der Waals surface area contributed by atoms with Crippen molar-refractivity contribution in [3.8, 4) is 0 Å². The van der Waals surface area contributed by atoms with Gasteiger partial charge in [-0.15, -0.1) is 0 Å². The van der Waals surface area contributed by atoms with Crippen LogP contribution in [0.4, 0.5) is 21.0 Å². The first kappa shape index (κ1) is 29.0. The minimum Gasteiger partial charge on any atom is -0.463 e. The summed E-state index contributed by atoms with van der Waals surface area (Å²) in [4.78, 5) is 41.3. The molecule has 1 aliphatic heterocycles. The largest absolute Gasteiger partial charge is 0.463 e. The molecule has 40 heavy (non-hydrogen) atoms. The maximum Gasteiger partial charge on any atom is 0.338 e. The summed E-state index contributed by atoms with van der Waals surface area (Å²) in [6.07, 6.45) is 1.63. The highest BCUT2D eigenvalue weighted by atomic mass is 35.5. The van der Waals surface area contributed by atoms with Gasteiger partial charge in [0.05, 0.1) is 39.7 Å². The molecule has 3 aromatic carbocycles. The van der Waals surface area contributed by atoms with Gasteiger partial charge in [0.25, 0.3) is 0 Å². The number of esters is 1. The molecule has 0 saturated heterocycles. The van der Waals surface area contributed by atoms with Crippen molar-refractivity contribution in [3.05, 3.63) is 99.5 Å². The molecule has 0 bridgehead atoms. The summed E-state index contributed by atoms with van der Waals surface area (Å²) in [5, 5.41) is 9.00. The topological polar surface area (TPSA) is 99.8 Å². The molecule has 208 valence electrons. The number of hydrogen-bond donors (Lipinski definition) is 3. The van der Waals surface area contributed by atoms with Crippen LogP contribution < -0.4 is 16.0 Å². The van der Waals surface area contributed by atoms with Gasteiger partial charge in [0, 0.05) is 12.2 Å². The number of carbonyl (C=O) groups excluding carboxylic acids is 3. The number of anilines is 2. The number of amides is 4. The number of nitrogens with zero attached hydrogens (tertiary/aromatic N) is 1. The number of para-hydroxylation sites is 1. The van der Waals surface area contributed by atoms with Gasteiger partial charge in [0.15, 0.2) is 0 Å². The van der Waals surface area contributed by atoms with E-state index >= 15 is 0 Å². The Hall–Kier alpha value is -4.01. The second-order valence-corrected chi connectivity index (χ2v) is 9.85. The molecular formula is C30H30Cl2N4O4. The highest BCUT2D eigenvalue weighted by Crippen LogP contribution is 2.37. The van der Waals surface area contributed by atoms with E-state index in [0.717, 1.165) is 18.4 Å². The van der Waals surface area contributed by atoms with Gasteiger partial charge in [-0.25, -0.2) is 14.4 Å². The lowest BCUT2D eigenvalue weighted by Crippen LogP contribution is -2.48. The number of rotatable bonds is 9. The lowest BCUT2D eigenvalue weighted by atomic mass is 9.91. The van der Waals surface area contributed by atoms with Crippen LogP contribution in [0.3, 0.4) is 0 Å². The molecule has 0 aromatic heterocycles. The molecule has 3 N–H and O–H groups in total. The number of carbonyl (C=O) groups is 3. The van der Waals surface area contributed by atoms with E-state index in [4.69, 9.17) is 27.9 Å². The van der Waals surface area contributed by atoms with Crippen molar-refractivity contribution in [1.82, 2.24) is 10.2 Å². The zero-order valence-corrected chi connectivity index (χ0v) is 23.7. The molecule has 0 saturated carbocycles. The lowest BCUT2D eigenvalue weighted by molar-refractivity contribution is -0.138. The van der Waals surface area contributed by atoms with Crippen molar-refractivity contribution < 1.29 is 19.1 Å². The molecule has 1 atom stereocenters. The quantitative estimate of drug-likeness (QED) is 0.228. The van der Waals surface area contributed by atoms with Crippen LogP contribution in [0.15, 0.2) is 78.4 Å². The minimum absolute atomic E-state index is 0.173. The average molecular weight is 582 g/mol. The highest BCUT2D eigenvalue weighted by molar-refractivity contribution is 6.39. The molecular weight excluding hydrogens is 551 g/mol. The van der Waals surface area contributed by atoms with Gasteiger partial charge in [-0.3, -0.25) is 4.90 Å². The summed E-state index contributed by atoms with van der Waals surface area (Å²) < 4.78 is 5.48. The number of benzene rings is 3. The predicted molar refractivity (Wildman–Crippen MR) is 158 cm³/mol. The van der Waals surface area contributed by atoms with E-state index in [9.17, 15) is 14.4 Å². The van der Waals surface area contributed by atoms with E-state index < -0.39 is 18.0 Å². The summed E-state index contributed by atoms with van der Waals surface area (Å²) in [6.45, 7) is 4.39. The van der Waals surface area contributed by atoms with E-state index in [2.05, 4.69) is 16.0 Å². The molecule has 3 aromatic rings. The van der Waals surface area contributed by atoms with Crippen molar-refractivity contribution in [2.24, 2.45) is 0 Å². The third-order valence-electron chi connectivity index (χ3n) is 6.28. The van der Waals surface area contributed by atoms with Crippen molar-refractivity contribution in [3.63, 3.8) is 0 Å². The Morgan fingerprint density at radius 2 is 1.65 bits per heavy atom. The fourth-order valence-electron chi connectivity index (χ4n) is 4.46. The third-order valence-corrected chi connectivity index (χ3v) is 6.91. The minimum atomic E-state index is -0.817. The van der Waals surface area contributed by atoms with Crippen molar-refractivity contribution in [2.45, 2.75) is 32.7 Å². The van der Waals surface area contributed by atoms with Gasteiger partial charge < -0.3 is 20.7 Å². The second-order valence-electron chi connectivity index (χ2n) is 9.04. The van der Waals surface area contributed by atoms with Crippen LogP contribution in [0.2, 0.25) is 10.0 Å². The molecule has 1 aliphatic rings. The Morgan fingerprint density at radius 1 is 0.950 bits per heavy atom. The van der Waals surface area contributed by atoms with Crippen molar-refractivity contribution in [1.29, 1.82) is 0 Å². The summed E-state index contributed by atoms with van der Waals surface area (Å²) >= 11 is 12.4. The van der Waals surface area contributed by atoms with E-state index in [1.54, 1.807) is 54.3 Å². The van der Waals surface area contributed by atoms with Gasteiger partial charge in [-0.2, -0.15) is 0 Å². The zero-order valence-electron chi connectivity index (χ0n) is 22.2. The molecule has 8 nitrogen and oxygen atoms in total. The van der Waals surface area contributed by atoms with Crippen LogP contribution >= 0.6 is 23.2 Å². The lowest BCUT2D eigenvalue weighted by Gasteiger charge is -2.37. The second kappa shape index (κ2) is 13.4. The van der Waals surface area contributed by atoms with E-state index in [1.165, 1.54) is 0 Å². The van der Waals surface area contributed by atoms with Gasteiger partial charge in [0.2, 0.25) is 0 Å². The number of nitrogens with one attached hydrogen (secondary N) is 3. The van der Waals surface area contributed by atoms with E-state index in [0.29, 0.717) is 39.1 Å². The molecule has 4 amide bonds. The van der Waals surface area contributed by atoms with Crippen LogP contribution in [0, 0.1) is 0 Å². The Morgan fingerprint density at radius 3 is 2.33 bits per heavy atom. The standard InChI is InChI=1S/C30H30Cl2N4O4/c1-3-5-17-36-27(19-11-7-6-8-12-19)24(28(37)40-4-2)25(35-30(36)39)20-13-9-14-21(18-20)33-29(38)34-26-22(31)15-10-16-23(26)32/h6-16,18,25H,3-5,17H2,1-2H3,(H,35,39)(H2,33,34,38)/t25-/m1/s1. The molecule has 0 unspecified atom stereocenters. The number of ether oxygens (including phenoxy) is 1. The third kappa shape index (κ3) is 6.58. The van der Waals surface area contributed by atoms with Crippen LogP contribution in [0.1, 0.15) is 43.9 Å². The number of hydrogen-bond acceptors (Lipinski definition) is 4. The smallest absolute Gasteiger partial charge is 0.338 e. The monoisotopic (exact) mass is 580 g/mol. The van der Waals surface area contributed by atoms with Crippen molar-refractivity contribution in [2.75, 3.05) is 23.8 Å². The fourth-order valence-corrected chi connectivity index (χ4v) is 4.95. The number of unbranched alkanes of at least 4 members (excludes halogenated alkanes) is 1. The van der Waals surface area contributed by atoms with Crippen LogP contribution in [0.25, 0.3) is 5.70 Å². The summed E-state index contributed by atoms with van der Waals surface area (Å²) in [5.41, 5.74) is 2.86. The summed E-state index contributed by atoms with van der Waals surface area (Å²) in [6, 6.07) is 19.4. The summed E-state index contributed by atoms with van der Waals surface area (Å²) in [7, 11) is 0. The van der Waals surface area contributed by atoms with Gasteiger partial charge in [-0.05, 0) is 48.7 Å². The Balaban J connectivity index is 1.73. The number of halogens is 2. The maximum atomic E-state index is 13.5. The Labute approximate surface area is 243 Å². The first-order chi connectivity index (χ1) is 19.3. The van der Waals surface area contributed by atoms with Gasteiger partial charge in [-0.1, -0.05) is 85.1 Å². The van der Waals surface area contributed by atoms with Crippen LogP contribution in [-0.2, 0) is 9.53 Å². The average Bonchev–Trinajstić information content (AvgIpc) is 2.94. The molecule has 0 aliphatic carbocycles. The SMILES string of the molecule is CCCCN1C(=O)N[C@H](c2cccc(NC(=O)Nc3c(Cl)cccc3Cl)c2)C(C(=O)OCC)=C1c1ccccc1. The van der Waals surface area contributed by atoms with Crippen LogP contribution in [0.5, 0.6) is 0 Å². The Bertz CT molecular complexity index is 1410. The molecule has 1 heterocycles. The molecule has 0 spiro atoms. The normalized spacial score (nSPS) is 14.9. The predicted octanol–water partition coefficient (Wildman–Crippen LogP) is 7.48. The van der Waals surface area contributed by atoms with Gasteiger partial charge >= 0.3 is 18.0 Å². The first-order valence-electron chi connectivity index (χ1n) is 13.0. The molecule has 0 radical (unpaired) electrons. The Kier molecular flexibility index (Phi) is 9.69. The highest BCUT2D eigenvalue weighted by Gasteiger charge is 2.38. The van der Waals surface area contributed by atoms with Crippen molar-refractivity contribution >= 4 is 58.3 Å². The zero-order chi connectivity index (χ0) is 28.6.